The van der Waals surface area contributed by atoms with Crippen LogP contribution in [-0.2, 0) is 16.0 Å². The van der Waals surface area contributed by atoms with E-state index in [0.29, 0.717) is 6.54 Å². The fourth-order valence-electron chi connectivity index (χ4n) is 2.56. The number of esters is 1. The summed E-state index contributed by atoms with van der Waals surface area (Å²) in [5.41, 5.74) is 2.08. The SMILES string of the molecule is CC[C@@H](C)[C@H](NC(=O)N1CCc2ccccc21)C(=O)OC. The number of urea groups is 1. The highest BCUT2D eigenvalue weighted by Gasteiger charge is 2.31. The molecule has 1 aliphatic rings. The van der Waals surface area contributed by atoms with Crippen molar-refractivity contribution in [3.05, 3.63) is 29.8 Å². The van der Waals surface area contributed by atoms with Crippen LogP contribution in [0.2, 0.25) is 0 Å². The second kappa shape index (κ2) is 6.61. The molecule has 5 nitrogen and oxygen atoms in total. The molecule has 0 fully saturated rings. The topological polar surface area (TPSA) is 58.6 Å². The van der Waals surface area contributed by atoms with E-state index in [1.807, 2.05) is 38.1 Å². The Balaban J connectivity index is 2.12. The van der Waals surface area contributed by atoms with Crippen molar-refractivity contribution in [2.75, 3.05) is 18.6 Å². The van der Waals surface area contributed by atoms with Crippen LogP contribution >= 0.6 is 0 Å². The van der Waals surface area contributed by atoms with Gasteiger partial charge in [-0.1, -0.05) is 38.5 Å². The number of carbonyl (C=O) groups is 2. The van der Waals surface area contributed by atoms with Crippen LogP contribution in [0, 0.1) is 5.92 Å². The molecule has 2 atom stereocenters. The Bertz CT molecular complexity index is 530. The van der Waals surface area contributed by atoms with Crippen LogP contribution in [0.4, 0.5) is 10.5 Å². The molecular formula is C16H22N2O3. The van der Waals surface area contributed by atoms with Crippen molar-refractivity contribution in [2.24, 2.45) is 5.92 Å². The van der Waals surface area contributed by atoms with Crippen molar-refractivity contribution in [1.82, 2.24) is 5.32 Å². The van der Waals surface area contributed by atoms with Gasteiger partial charge in [0, 0.05) is 12.2 Å². The summed E-state index contributed by atoms with van der Waals surface area (Å²) in [6.07, 6.45) is 1.63. The summed E-state index contributed by atoms with van der Waals surface area (Å²) in [5, 5.41) is 2.81. The molecule has 21 heavy (non-hydrogen) atoms. The van der Waals surface area contributed by atoms with Gasteiger partial charge in [0.2, 0.25) is 0 Å². The summed E-state index contributed by atoms with van der Waals surface area (Å²) in [5.74, 6) is -0.371. The average Bonchev–Trinajstić information content (AvgIpc) is 2.95. The quantitative estimate of drug-likeness (QED) is 0.866. The lowest BCUT2D eigenvalue weighted by atomic mass is 9.99. The van der Waals surface area contributed by atoms with Crippen molar-refractivity contribution in [1.29, 1.82) is 0 Å². The molecule has 1 heterocycles. The van der Waals surface area contributed by atoms with Crippen molar-refractivity contribution >= 4 is 17.7 Å². The molecule has 1 aromatic carbocycles. The van der Waals surface area contributed by atoms with Gasteiger partial charge < -0.3 is 10.1 Å². The lowest BCUT2D eigenvalue weighted by Gasteiger charge is -2.25. The number of nitrogens with zero attached hydrogens (tertiary/aromatic N) is 1. The number of methoxy groups -OCH3 is 1. The van der Waals surface area contributed by atoms with E-state index in [2.05, 4.69) is 5.32 Å². The van der Waals surface area contributed by atoms with Gasteiger partial charge in [-0.2, -0.15) is 0 Å². The number of benzene rings is 1. The van der Waals surface area contributed by atoms with Crippen molar-refractivity contribution < 1.29 is 14.3 Å². The summed E-state index contributed by atoms with van der Waals surface area (Å²) >= 11 is 0. The first-order valence-electron chi connectivity index (χ1n) is 7.32. The number of carbonyl (C=O) groups excluding carboxylic acids is 2. The predicted molar refractivity (Wildman–Crippen MR) is 81.3 cm³/mol. The molecule has 114 valence electrons. The van der Waals surface area contributed by atoms with Gasteiger partial charge in [-0.05, 0) is 24.0 Å². The number of hydrogen-bond donors (Lipinski definition) is 1. The van der Waals surface area contributed by atoms with E-state index in [1.54, 1.807) is 4.90 Å². The minimum Gasteiger partial charge on any atom is -0.467 e. The Morgan fingerprint density at radius 3 is 2.76 bits per heavy atom. The second-order valence-electron chi connectivity index (χ2n) is 5.37. The third-order valence-corrected chi connectivity index (χ3v) is 4.08. The van der Waals surface area contributed by atoms with Gasteiger partial charge in [0.05, 0.1) is 7.11 Å². The molecular weight excluding hydrogens is 268 g/mol. The molecule has 0 unspecified atom stereocenters. The predicted octanol–water partition coefficient (Wildman–Crippen LogP) is 2.35. The minimum atomic E-state index is -0.611. The molecule has 0 spiro atoms. The highest BCUT2D eigenvalue weighted by atomic mass is 16.5. The first kappa shape index (κ1) is 15.4. The average molecular weight is 290 g/mol. The molecule has 0 aromatic heterocycles. The van der Waals surface area contributed by atoms with E-state index in [9.17, 15) is 9.59 Å². The second-order valence-corrected chi connectivity index (χ2v) is 5.37. The molecule has 1 N–H and O–H groups in total. The van der Waals surface area contributed by atoms with Crippen molar-refractivity contribution in [2.45, 2.75) is 32.7 Å². The zero-order valence-electron chi connectivity index (χ0n) is 12.8. The van der Waals surface area contributed by atoms with E-state index >= 15 is 0 Å². The first-order chi connectivity index (χ1) is 10.1. The molecule has 0 bridgehead atoms. The number of fused-ring (bicyclic) bond motifs is 1. The van der Waals surface area contributed by atoms with E-state index in [4.69, 9.17) is 4.74 Å². The number of hydrogen-bond acceptors (Lipinski definition) is 3. The molecule has 5 heteroatoms. The van der Waals surface area contributed by atoms with Crippen LogP contribution in [0.3, 0.4) is 0 Å². The Hall–Kier alpha value is -2.04. The zero-order valence-corrected chi connectivity index (χ0v) is 12.8. The van der Waals surface area contributed by atoms with Gasteiger partial charge >= 0.3 is 12.0 Å². The molecule has 1 aromatic rings. The van der Waals surface area contributed by atoms with Gasteiger partial charge in [-0.25, -0.2) is 9.59 Å². The number of rotatable bonds is 4. The number of ether oxygens (including phenoxy) is 1. The normalized spacial score (nSPS) is 16.0. The fourth-order valence-corrected chi connectivity index (χ4v) is 2.56. The van der Waals surface area contributed by atoms with Crippen LogP contribution in [0.15, 0.2) is 24.3 Å². The number of amides is 2. The van der Waals surface area contributed by atoms with Crippen LogP contribution in [-0.4, -0.2) is 31.7 Å². The third kappa shape index (κ3) is 3.17. The zero-order chi connectivity index (χ0) is 15.4. The molecule has 1 aliphatic heterocycles. The summed E-state index contributed by atoms with van der Waals surface area (Å²) in [7, 11) is 1.34. The van der Waals surface area contributed by atoms with Crippen LogP contribution in [0.25, 0.3) is 0 Å². The maximum Gasteiger partial charge on any atom is 0.328 e. The maximum atomic E-state index is 12.5. The van der Waals surface area contributed by atoms with Crippen molar-refractivity contribution in [3.8, 4) is 0 Å². The summed E-state index contributed by atoms with van der Waals surface area (Å²) in [4.78, 5) is 26.0. The van der Waals surface area contributed by atoms with Gasteiger partial charge in [0.1, 0.15) is 6.04 Å². The highest BCUT2D eigenvalue weighted by Crippen LogP contribution is 2.27. The Morgan fingerprint density at radius 1 is 1.38 bits per heavy atom. The molecule has 0 saturated heterocycles. The number of para-hydroxylation sites is 1. The summed E-state index contributed by atoms with van der Waals surface area (Å²) < 4.78 is 4.80. The van der Waals surface area contributed by atoms with E-state index in [0.717, 1.165) is 24.1 Å². The fraction of sp³-hybridized carbons (Fsp3) is 0.500. The van der Waals surface area contributed by atoms with Crippen LogP contribution in [0.1, 0.15) is 25.8 Å². The molecule has 2 amide bonds. The van der Waals surface area contributed by atoms with Crippen molar-refractivity contribution in [3.63, 3.8) is 0 Å². The maximum absolute atomic E-state index is 12.5. The number of nitrogens with one attached hydrogen (secondary N) is 1. The Morgan fingerprint density at radius 2 is 2.10 bits per heavy atom. The minimum absolute atomic E-state index is 0.0271. The lowest BCUT2D eigenvalue weighted by molar-refractivity contribution is -0.144. The van der Waals surface area contributed by atoms with Gasteiger partial charge in [-0.3, -0.25) is 4.90 Å². The van der Waals surface area contributed by atoms with Gasteiger partial charge in [-0.15, -0.1) is 0 Å². The van der Waals surface area contributed by atoms with E-state index in [-0.39, 0.29) is 11.9 Å². The lowest BCUT2D eigenvalue weighted by Crippen LogP contribution is -2.50. The standard InChI is InChI=1S/C16H22N2O3/c1-4-11(2)14(15(19)21-3)17-16(20)18-10-9-12-7-5-6-8-13(12)18/h5-8,11,14H,4,9-10H2,1-3H3,(H,17,20)/t11-,14+/m1/s1. The largest absolute Gasteiger partial charge is 0.467 e. The monoisotopic (exact) mass is 290 g/mol. The van der Waals surface area contributed by atoms with Crippen LogP contribution in [0.5, 0.6) is 0 Å². The molecule has 0 radical (unpaired) electrons. The Kier molecular flexibility index (Phi) is 4.83. The Labute approximate surface area is 125 Å². The third-order valence-electron chi connectivity index (χ3n) is 4.08. The van der Waals surface area contributed by atoms with Gasteiger partial charge in [0.25, 0.3) is 0 Å². The first-order valence-corrected chi connectivity index (χ1v) is 7.32. The van der Waals surface area contributed by atoms with Crippen LogP contribution < -0.4 is 10.2 Å². The van der Waals surface area contributed by atoms with Gasteiger partial charge in [0.15, 0.2) is 0 Å². The smallest absolute Gasteiger partial charge is 0.328 e. The van der Waals surface area contributed by atoms with E-state index in [1.165, 1.54) is 7.11 Å². The number of anilines is 1. The molecule has 0 aliphatic carbocycles. The molecule has 0 saturated carbocycles. The highest BCUT2D eigenvalue weighted by molar-refractivity contribution is 5.96. The summed E-state index contributed by atoms with van der Waals surface area (Å²) in [6, 6.07) is 6.98. The van der Waals surface area contributed by atoms with E-state index < -0.39 is 12.0 Å². The summed E-state index contributed by atoms with van der Waals surface area (Å²) in [6.45, 7) is 4.55. The molecule has 2 rings (SSSR count).